The number of halogens is 1. The molecular formula is C10H12BrN5. The van der Waals surface area contributed by atoms with Crippen molar-refractivity contribution >= 4 is 21.7 Å². The van der Waals surface area contributed by atoms with Crippen LogP contribution in [0.5, 0.6) is 0 Å². The summed E-state index contributed by atoms with van der Waals surface area (Å²) in [5, 5.41) is 3.00. The quantitative estimate of drug-likeness (QED) is 0.916. The number of hydrogen-bond acceptors (Lipinski definition) is 4. The molecule has 5 nitrogen and oxygen atoms in total. The predicted molar refractivity (Wildman–Crippen MR) is 65.9 cm³/mol. The number of anilines is 1. The molecular weight excluding hydrogens is 270 g/mol. The van der Waals surface area contributed by atoms with Crippen molar-refractivity contribution in [1.82, 2.24) is 19.5 Å². The van der Waals surface area contributed by atoms with Crippen LogP contribution in [0.25, 0.3) is 5.82 Å². The van der Waals surface area contributed by atoms with Crippen molar-refractivity contribution in [3.8, 4) is 5.82 Å². The number of aromatic nitrogens is 4. The standard InChI is InChI=1S/C10H12BrN5/c1-6-7(2)16(5-15-6)10-8(11)9(12-3)13-4-14-10/h4-5H,1-3H3,(H,12,13,14). The van der Waals surface area contributed by atoms with E-state index >= 15 is 0 Å². The average molecular weight is 282 g/mol. The third-order valence-electron chi connectivity index (χ3n) is 2.49. The minimum absolute atomic E-state index is 0.760. The summed E-state index contributed by atoms with van der Waals surface area (Å²) in [5.41, 5.74) is 2.07. The fourth-order valence-corrected chi connectivity index (χ4v) is 2.01. The molecule has 0 aliphatic heterocycles. The highest BCUT2D eigenvalue weighted by atomic mass is 79.9. The summed E-state index contributed by atoms with van der Waals surface area (Å²) < 4.78 is 2.76. The van der Waals surface area contributed by atoms with E-state index in [0.717, 1.165) is 27.5 Å². The minimum atomic E-state index is 0.760. The number of nitrogens with zero attached hydrogens (tertiary/aromatic N) is 4. The van der Waals surface area contributed by atoms with Crippen LogP contribution < -0.4 is 5.32 Å². The van der Waals surface area contributed by atoms with Gasteiger partial charge in [-0.3, -0.25) is 4.57 Å². The first kappa shape index (κ1) is 11.1. The summed E-state index contributed by atoms with van der Waals surface area (Å²) in [6.07, 6.45) is 3.29. The minimum Gasteiger partial charge on any atom is -0.372 e. The molecule has 2 aromatic heterocycles. The Morgan fingerprint density at radius 1 is 1.25 bits per heavy atom. The van der Waals surface area contributed by atoms with E-state index in [9.17, 15) is 0 Å². The van der Waals surface area contributed by atoms with E-state index in [4.69, 9.17) is 0 Å². The van der Waals surface area contributed by atoms with Crippen molar-refractivity contribution in [1.29, 1.82) is 0 Å². The van der Waals surface area contributed by atoms with Gasteiger partial charge in [-0.15, -0.1) is 0 Å². The van der Waals surface area contributed by atoms with Crippen molar-refractivity contribution in [2.75, 3.05) is 12.4 Å². The summed E-state index contributed by atoms with van der Waals surface area (Å²) in [6, 6.07) is 0. The molecule has 0 aromatic carbocycles. The Hall–Kier alpha value is -1.43. The fourth-order valence-electron chi connectivity index (χ4n) is 1.42. The maximum atomic E-state index is 4.26. The lowest BCUT2D eigenvalue weighted by Crippen LogP contribution is -2.04. The van der Waals surface area contributed by atoms with Gasteiger partial charge in [-0.25, -0.2) is 15.0 Å². The van der Waals surface area contributed by atoms with Gasteiger partial charge in [0.2, 0.25) is 0 Å². The lowest BCUT2D eigenvalue weighted by atomic mass is 10.4. The summed E-state index contributed by atoms with van der Waals surface area (Å²) in [6.45, 7) is 3.98. The first-order chi connectivity index (χ1) is 7.65. The van der Waals surface area contributed by atoms with Crippen LogP contribution in [-0.4, -0.2) is 26.6 Å². The van der Waals surface area contributed by atoms with Crippen LogP contribution in [0.4, 0.5) is 5.82 Å². The topological polar surface area (TPSA) is 55.6 Å². The molecule has 0 radical (unpaired) electrons. The van der Waals surface area contributed by atoms with Crippen molar-refractivity contribution < 1.29 is 0 Å². The number of hydrogen-bond donors (Lipinski definition) is 1. The van der Waals surface area contributed by atoms with Gasteiger partial charge in [0.15, 0.2) is 5.82 Å². The predicted octanol–water partition coefficient (Wildman–Crippen LogP) is 2.08. The van der Waals surface area contributed by atoms with Crippen LogP contribution in [0.3, 0.4) is 0 Å². The second-order valence-corrected chi connectivity index (χ2v) is 4.19. The second kappa shape index (κ2) is 4.21. The summed E-state index contributed by atoms with van der Waals surface area (Å²) >= 11 is 3.49. The van der Waals surface area contributed by atoms with E-state index in [1.54, 1.807) is 6.33 Å². The summed E-state index contributed by atoms with van der Waals surface area (Å²) in [7, 11) is 1.82. The Balaban J connectivity index is 2.60. The normalized spacial score (nSPS) is 10.5. The van der Waals surface area contributed by atoms with Gasteiger partial charge in [0.1, 0.15) is 22.9 Å². The van der Waals surface area contributed by atoms with E-state index in [-0.39, 0.29) is 0 Å². The van der Waals surface area contributed by atoms with Gasteiger partial charge in [0, 0.05) is 12.7 Å². The molecule has 2 heterocycles. The van der Waals surface area contributed by atoms with Crippen LogP contribution in [0.15, 0.2) is 17.1 Å². The molecule has 0 bridgehead atoms. The van der Waals surface area contributed by atoms with Crippen LogP contribution in [0, 0.1) is 13.8 Å². The molecule has 1 N–H and O–H groups in total. The highest BCUT2D eigenvalue weighted by molar-refractivity contribution is 9.10. The van der Waals surface area contributed by atoms with Crippen molar-refractivity contribution in [3.05, 3.63) is 28.5 Å². The average Bonchev–Trinajstić information content (AvgIpc) is 2.61. The highest BCUT2D eigenvalue weighted by Gasteiger charge is 2.12. The molecule has 0 spiro atoms. The van der Waals surface area contributed by atoms with Crippen LogP contribution >= 0.6 is 15.9 Å². The van der Waals surface area contributed by atoms with Crippen molar-refractivity contribution in [2.24, 2.45) is 0 Å². The monoisotopic (exact) mass is 281 g/mol. The van der Waals surface area contributed by atoms with Gasteiger partial charge < -0.3 is 5.32 Å². The molecule has 0 atom stereocenters. The number of rotatable bonds is 2. The van der Waals surface area contributed by atoms with E-state index in [0.29, 0.717) is 0 Å². The lowest BCUT2D eigenvalue weighted by molar-refractivity contribution is 0.927. The summed E-state index contributed by atoms with van der Waals surface area (Å²) in [4.78, 5) is 12.6. The van der Waals surface area contributed by atoms with Crippen molar-refractivity contribution in [3.63, 3.8) is 0 Å². The molecule has 6 heteroatoms. The highest BCUT2D eigenvalue weighted by Crippen LogP contribution is 2.26. The van der Waals surface area contributed by atoms with Crippen LogP contribution in [-0.2, 0) is 0 Å². The smallest absolute Gasteiger partial charge is 0.158 e. The Labute approximate surface area is 102 Å². The number of imidazole rings is 1. The fraction of sp³-hybridized carbons (Fsp3) is 0.300. The van der Waals surface area contributed by atoms with Gasteiger partial charge in [-0.2, -0.15) is 0 Å². The first-order valence-electron chi connectivity index (χ1n) is 4.84. The molecule has 84 valence electrons. The Morgan fingerprint density at radius 2 is 2.00 bits per heavy atom. The van der Waals surface area contributed by atoms with E-state index < -0.39 is 0 Å². The zero-order valence-electron chi connectivity index (χ0n) is 9.32. The largest absolute Gasteiger partial charge is 0.372 e. The molecule has 0 aliphatic carbocycles. The SMILES string of the molecule is CNc1ncnc(-n2cnc(C)c2C)c1Br. The van der Waals surface area contributed by atoms with Gasteiger partial charge in [0.05, 0.1) is 5.69 Å². The maximum Gasteiger partial charge on any atom is 0.158 e. The van der Waals surface area contributed by atoms with Crippen LogP contribution in [0.1, 0.15) is 11.4 Å². The first-order valence-corrected chi connectivity index (χ1v) is 5.63. The molecule has 2 rings (SSSR count). The molecule has 16 heavy (non-hydrogen) atoms. The Bertz CT molecular complexity index is 520. The molecule has 0 fully saturated rings. The zero-order valence-corrected chi connectivity index (χ0v) is 10.9. The van der Waals surface area contributed by atoms with Crippen molar-refractivity contribution in [2.45, 2.75) is 13.8 Å². The molecule has 0 amide bonds. The van der Waals surface area contributed by atoms with Gasteiger partial charge in [0.25, 0.3) is 0 Å². The van der Waals surface area contributed by atoms with E-state index in [1.165, 1.54) is 6.33 Å². The van der Waals surface area contributed by atoms with Gasteiger partial charge in [-0.05, 0) is 29.8 Å². The summed E-state index contributed by atoms with van der Waals surface area (Å²) in [5.74, 6) is 1.55. The van der Waals surface area contributed by atoms with Gasteiger partial charge in [-0.1, -0.05) is 0 Å². The molecule has 0 unspecified atom stereocenters. The molecule has 0 saturated heterocycles. The third-order valence-corrected chi connectivity index (χ3v) is 3.22. The zero-order chi connectivity index (χ0) is 11.7. The van der Waals surface area contributed by atoms with Gasteiger partial charge >= 0.3 is 0 Å². The van der Waals surface area contributed by atoms with Crippen LogP contribution in [0.2, 0.25) is 0 Å². The van der Waals surface area contributed by atoms with E-state index in [1.807, 2.05) is 25.5 Å². The van der Waals surface area contributed by atoms with E-state index in [2.05, 4.69) is 36.2 Å². The number of aryl methyl sites for hydroxylation is 1. The Morgan fingerprint density at radius 3 is 2.56 bits per heavy atom. The molecule has 2 aromatic rings. The maximum absolute atomic E-state index is 4.26. The molecule has 0 aliphatic rings. The number of nitrogens with one attached hydrogen (secondary N) is 1. The third kappa shape index (κ3) is 1.69. The second-order valence-electron chi connectivity index (χ2n) is 3.40. The Kier molecular flexibility index (Phi) is 2.91. The lowest BCUT2D eigenvalue weighted by Gasteiger charge is -2.09. The molecule has 0 saturated carbocycles.